The maximum atomic E-state index is 13.0. The zero-order valence-electron chi connectivity index (χ0n) is 13.0. The van der Waals surface area contributed by atoms with Crippen molar-refractivity contribution < 1.29 is 4.79 Å². The molecule has 3 aromatic rings. The molecule has 0 N–H and O–H groups in total. The number of rotatable bonds is 2. The van der Waals surface area contributed by atoms with Crippen molar-refractivity contribution in [2.75, 3.05) is 6.54 Å². The van der Waals surface area contributed by atoms with E-state index in [-0.39, 0.29) is 11.9 Å². The van der Waals surface area contributed by atoms with E-state index in [9.17, 15) is 4.79 Å². The molecular weight excluding hydrogens is 304 g/mol. The summed E-state index contributed by atoms with van der Waals surface area (Å²) < 4.78 is 2.02. The summed E-state index contributed by atoms with van der Waals surface area (Å²) in [6.07, 6.45) is 4.94. The van der Waals surface area contributed by atoms with Gasteiger partial charge in [-0.1, -0.05) is 6.07 Å². The lowest BCUT2D eigenvalue weighted by Crippen LogP contribution is -2.38. The molecule has 0 aliphatic carbocycles. The molecule has 1 aliphatic heterocycles. The fraction of sp³-hybridized carbons (Fsp3) is 0.211. The van der Waals surface area contributed by atoms with Crippen LogP contribution >= 0.6 is 11.3 Å². The predicted octanol–water partition coefficient (Wildman–Crippen LogP) is 4.30. The van der Waals surface area contributed by atoms with E-state index in [1.54, 1.807) is 11.3 Å². The average Bonchev–Trinajstić information content (AvgIpc) is 3.26. The molecule has 116 valence electrons. The van der Waals surface area contributed by atoms with Crippen LogP contribution in [-0.2, 0) is 6.42 Å². The lowest BCUT2D eigenvalue weighted by molar-refractivity contribution is 0.0679. The lowest BCUT2D eigenvalue weighted by Gasteiger charge is -2.33. The number of thiophene rings is 1. The van der Waals surface area contributed by atoms with Crippen LogP contribution in [0.5, 0.6) is 0 Å². The molecule has 0 unspecified atom stereocenters. The van der Waals surface area contributed by atoms with Crippen LogP contribution in [0.15, 0.2) is 60.2 Å². The van der Waals surface area contributed by atoms with Crippen molar-refractivity contribution in [2.24, 2.45) is 0 Å². The Hall–Kier alpha value is -2.33. The van der Waals surface area contributed by atoms with E-state index in [1.807, 2.05) is 58.3 Å². The van der Waals surface area contributed by atoms with Crippen LogP contribution in [0.1, 0.15) is 33.8 Å². The number of benzene rings is 1. The van der Waals surface area contributed by atoms with Gasteiger partial charge in [0, 0.05) is 35.1 Å². The molecule has 1 amide bonds. The molecule has 0 fully saturated rings. The maximum absolute atomic E-state index is 13.0. The lowest BCUT2D eigenvalue weighted by atomic mass is 10.00. The first-order valence-electron chi connectivity index (χ1n) is 7.84. The zero-order valence-corrected chi connectivity index (χ0v) is 13.8. The third kappa shape index (κ3) is 2.49. The number of amides is 1. The highest BCUT2D eigenvalue weighted by Gasteiger charge is 2.28. The Morgan fingerprint density at radius 2 is 2.00 bits per heavy atom. The summed E-state index contributed by atoms with van der Waals surface area (Å²) in [4.78, 5) is 16.4. The minimum Gasteiger partial charge on any atom is -0.331 e. The molecule has 4 rings (SSSR count). The molecule has 0 saturated carbocycles. The highest BCUT2D eigenvalue weighted by molar-refractivity contribution is 7.10. The molecule has 0 radical (unpaired) electrons. The van der Waals surface area contributed by atoms with Gasteiger partial charge in [-0.25, -0.2) is 0 Å². The molecule has 3 nitrogen and oxygen atoms in total. The van der Waals surface area contributed by atoms with E-state index in [2.05, 4.69) is 18.4 Å². The molecule has 23 heavy (non-hydrogen) atoms. The van der Waals surface area contributed by atoms with Crippen molar-refractivity contribution in [1.29, 1.82) is 0 Å². The first-order valence-corrected chi connectivity index (χ1v) is 8.72. The fourth-order valence-electron chi connectivity index (χ4n) is 3.26. The SMILES string of the molecule is C[C@H]1c2ccsc2CCN1C(=O)c1cccc(-n2cccc2)c1. The van der Waals surface area contributed by atoms with Crippen molar-refractivity contribution >= 4 is 17.2 Å². The average molecular weight is 322 g/mol. The monoisotopic (exact) mass is 322 g/mol. The molecule has 1 aliphatic rings. The minimum atomic E-state index is 0.114. The zero-order chi connectivity index (χ0) is 15.8. The largest absolute Gasteiger partial charge is 0.331 e. The third-order valence-electron chi connectivity index (χ3n) is 4.53. The van der Waals surface area contributed by atoms with Gasteiger partial charge in [0.15, 0.2) is 0 Å². The Bertz CT molecular complexity index is 835. The van der Waals surface area contributed by atoms with E-state index < -0.39 is 0 Å². The Kier molecular flexibility index (Phi) is 3.54. The van der Waals surface area contributed by atoms with Crippen LogP contribution in [0.3, 0.4) is 0 Å². The van der Waals surface area contributed by atoms with E-state index in [1.165, 1.54) is 10.4 Å². The van der Waals surface area contributed by atoms with Gasteiger partial charge in [0.2, 0.25) is 0 Å². The molecule has 0 spiro atoms. The molecule has 3 heterocycles. The number of hydrogen-bond acceptors (Lipinski definition) is 2. The van der Waals surface area contributed by atoms with Crippen LogP contribution in [-0.4, -0.2) is 21.9 Å². The number of aromatic nitrogens is 1. The second kappa shape index (κ2) is 5.70. The molecule has 0 saturated heterocycles. The van der Waals surface area contributed by atoms with Gasteiger partial charge in [0.25, 0.3) is 5.91 Å². The highest BCUT2D eigenvalue weighted by atomic mass is 32.1. The van der Waals surface area contributed by atoms with Crippen molar-refractivity contribution in [3.63, 3.8) is 0 Å². The van der Waals surface area contributed by atoms with Crippen LogP contribution in [0, 0.1) is 0 Å². The fourth-order valence-corrected chi connectivity index (χ4v) is 4.22. The smallest absolute Gasteiger partial charge is 0.254 e. The van der Waals surface area contributed by atoms with Crippen LogP contribution in [0.25, 0.3) is 5.69 Å². The second-order valence-electron chi connectivity index (χ2n) is 5.86. The van der Waals surface area contributed by atoms with Crippen LogP contribution in [0.4, 0.5) is 0 Å². The van der Waals surface area contributed by atoms with Crippen LogP contribution < -0.4 is 0 Å². The molecule has 0 bridgehead atoms. The van der Waals surface area contributed by atoms with Gasteiger partial charge in [-0.15, -0.1) is 11.3 Å². The summed E-state index contributed by atoms with van der Waals surface area (Å²) in [5.41, 5.74) is 3.07. The van der Waals surface area contributed by atoms with E-state index in [4.69, 9.17) is 0 Å². The van der Waals surface area contributed by atoms with Gasteiger partial charge in [0.05, 0.1) is 6.04 Å². The van der Waals surface area contributed by atoms with E-state index >= 15 is 0 Å². The van der Waals surface area contributed by atoms with Gasteiger partial charge in [-0.05, 0) is 60.7 Å². The van der Waals surface area contributed by atoms with E-state index in [0.717, 1.165) is 24.2 Å². The van der Waals surface area contributed by atoms with Gasteiger partial charge in [-0.2, -0.15) is 0 Å². The van der Waals surface area contributed by atoms with Crippen molar-refractivity contribution in [1.82, 2.24) is 9.47 Å². The molecule has 4 heteroatoms. The van der Waals surface area contributed by atoms with Gasteiger partial charge >= 0.3 is 0 Å². The normalized spacial score (nSPS) is 17.1. The van der Waals surface area contributed by atoms with Crippen molar-refractivity contribution in [2.45, 2.75) is 19.4 Å². The maximum Gasteiger partial charge on any atom is 0.254 e. The second-order valence-corrected chi connectivity index (χ2v) is 6.86. The summed E-state index contributed by atoms with van der Waals surface area (Å²) in [7, 11) is 0. The summed E-state index contributed by atoms with van der Waals surface area (Å²) >= 11 is 1.80. The highest BCUT2D eigenvalue weighted by Crippen LogP contribution is 2.33. The molecule has 1 aromatic carbocycles. The Morgan fingerprint density at radius 3 is 2.83 bits per heavy atom. The summed E-state index contributed by atoms with van der Waals surface area (Å²) in [6.45, 7) is 2.92. The summed E-state index contributed by atoms with van der Waals surface area (Å²) in [6, 6.07) is 14.1. The minimum absolute atomic E-state index is 0.114. The number of carbonyl (C=O) groups excluding carboxylic acids is 1. The Morgan fingerprint density at radius 1 is 1.17 bits per heavy atom. The third-order valence-corrected chi connectivity index (χ3v) is 5.53. The topological polar surface area (TPSA) is 25.2 Å². The number of carbonyl (C=O) groups is 1. The quantitative estimate of drug-likeness (QED) is 0.690. The summed E-state index contributed by atoms with van der Waals surface area (Å²) in [5.74, 6) is 0.114. The standard InChI is InChI=1S/C19H18N2OS/c1-14-17-8-12-23-18(17)7-11-21(14)19(22)15-5-4-6-16(13-15)20-9-2-3-10-20/h2-6,8-10,12-14H,7,11H2,1H3/t14-/m0/s1. The first-order chi connectivity index (χ1) is 11.2. The Balaban J connectivity index is 1.64. The molecule has 2 aromatic heterocycles. The number of fused-ring (bicyclic) bond motifs is 1. The van der Waals surface area contributed by atoms with Crippen molar-refractivity contribution in [3.8, 4) is 5.69 Å². The number of hydrogen-bond donors (Lipinski definition) is 0. The van der Waals surface area contributed by atoms with Crippen molar-refractivity contribution in [3.05, 3.63) is 76.2 Å². The van der Waals surface area contributed by atoms with Crippen LogP contribution in [0.2, 0.25) is 0 Å². The molecular formula is C19H18N2OS. The Labute approximate surface area is 139 Å². The molecule has 1 atom stereocenters. The van der Waals surface area contributed by atoms with Gasteiger partial charge in [0.1, 0.15) is 0 Å². The predicted molar refractivity (Wildman–Crippen MR) is 93.2 cm³/mol. The van der Waals surface area contributed by atoms with Gasteiger partial charge < -0.3 is 9.47 Å². The van der Waals surface area contributed by atoms with E-state index in [0.29, 0.717) is 0 Å². The van der Waals surface area contributed by atoms with Gasteiger partial charge in [-0.3, -0.25) is 4.79 Å². The number of nitrogens with zero attached hydrogens (tertiary/aromatic N) is 2. The first kappa shape index (κ1) is 14.3. The summed E-state index contributed by atoms with van der Waals surface area (Å²) in [5, 5.41) is 2.13.